The number of sulfonamides is 1. The summed E-state index contributed by atoms with van der Waals surface area (Å²) in [4.78, 5) is 4.68. The van der Waals surface area contributed by atoms with Crippen LogP contribution < -0.4 is 4.72 Å². The molecule has 6 nitrogen and oxygen atoms in total. The molecule has 1 heterocycles. The lowest BCUT2D eigenvalue weighted by molar-refractivity contribution is 0.581. The van der Waals surface area contributed by atoms with Gasteiger partial charge < -0.3 is 0 Å². The highest BCUT2D eigenvalue weighted by Gasteiger charge is 2.14. The van der Waals surface area contributed by atoms with Gasteiger partial charge in [0.25, 0.3) is 0 Å². The summed E-state index contributed by atoms with van der Waals surface area (Å²) < 4.78 is 27.3. The molecular formula is C19H22N4O2S. The molecule has 0 spiro atoms. The smallest absolute Gasteiger partial charge is 0.240 e. The molecule has 2 aromatic carbocycles. The molecule has 26 heavy (non-hydrogen) atoms. The van der Waals surface area contributed by atoms with Crippen LogP contribution in [0.2, 0.25) is 0 Å². The van der Waals surface area contributed by atoms with E-state index >= 15 is 0 Å². The van der Waals surface area contributed by atoms with E-state index in [1.807, 2.05) is 42.5 Å². The molecule has 0 atom stereocenters. The van der Waals surface area contributed by atoms with Crippen molar-refractivity contribution in [2.75, 3.05) is 6.54 Å². The third-order valence-corrected chi connectivity index (χ3v) is 5.47. The summed E-state index contributed by atoms with van der Waals surface area (Å²) in [6.07, 6.45) is 2.42. The molecule has 0 saturated heterocycles. The van der Waals surface area contributed by atoms with E-state index in [2.05, 4.69) is 26.8 Å². The summed E-state index contributed by atoms with van der Waals surface area (Å²) in [5, 5.41) is 7.03. The quantitative estimate of drug-likeness (QED) is 0.638. The van der Waals surface area contributed by atoms with Gasteiger partial charge in [0.1, 0.15) is 5.82 Å². The summed E-state index contributed by atoms with van der Waals surface area (Å²) in [5.41, 5.74) is 2.06. The van der Waals surface area contributed by atoms with Gasteiger partial charge in [-0.1, -0.05) is 55.8 Å². The van der Waals surface area contributed by atoms with E-state index in [-0.39, 0.29) is 11.4 Å². The van der Waals surface area contributed by atoms with Gasteiger partial charge in [-0.05, 0) is 24.1 Å². The lowest BCUT2D eigenvalue weighted by atomic mass is 10.1. The first-order valence-corrected chi connectivity index (χ1v) is 10.1. The molecule has 3 rings (SSSR count). The van der Waals surface area contributed by atoms with Crippen molar-refractivity contribution in [3.05, 3.63) is 66.0 Å². The third-order valence-electron chi connectivity index (χ3n) is 3.99. The van der Waals surface area contributed by atoms with E-state index in [9.17, 15) is 8.42 Å². The van der Waals surface area contributed by atoms with Crippen LogP contribution in [0, 0.1) is 0 Å². The molecule has 0 aliphatic heterocycles. The molecule has 1 aromatic heterocycles. The van der Waals surface area contributed by atoms with Crippen LogP contribution in [0.1, 0.15) is 24.7 Å². The predicted octanol–water partition coefficient (Wildman–Crippen LogP) is 2.95. The van der Waals surface area contributed by atoms with Crippen LogP contribution in [0.25, 0.3) is 11.4 Å². The van der Waals surface area contributed by atoms with Crippen molar-refractivity contribution in [1.29, 1.82) is 0 Å². The fraction of sp³-hybridized carbons (Fsp3) is 0.263. The van der Waals surface area contributed by atoms with Crippen molar-refractivity contribution in [1.82, 2.24) is 19.9 Å². The van der Waals surface area contributed by atoms with Gasteiger partial charge >= 0.3 is 0 Å². The maximum Gasteiger partial charge on any atom is 0.240 e. The maximum absolute atomic E-state index is 12.4. The minimum Gasteiger partial charge on any atom is -0.263 e. The van der Waals surface area contributed by atoms with Gasteiger partial charge in [0.05, 0.1) is 4.90 Å². The Morgan fingerprint density at radius 3 is 2.42 bits per heavy atom. The largest absolute Gasteiger partial charge is 0.263 e. The highest BCUT2D eigenvalue weighted by Crippen LogP contribution is 2.14. The lowest BCUT2D eigenvalue weighted by Gasteiger charge is -2.07. The number of aryl methyl sites for hydroxylation is 1. The molecule has 0 aliphatic rings. The summed E-state index contributed by atoms with van der Waals surface area (Å²) >= 11 is 0. The SMILES string of the molecule is CCCc1ccc(S(=O)(=O)NCCc2nc(-c3ccccc3)n[nH]2)cc1. The summed E-state index contributed by atoms with van der Waals surface area (Å²) in [6.45, 7) is 2.35. The van der Waals surface area contributed by atoms with Crippen LogP contribution in [-0.4, -0.2) is 30.1 Å². The Kier molecular flexibility index (Phi) is 5.80. The Labute approximate surface area is 153 Å². The second kappa shape index (κ2) is 8.25. The zero-order valence-electron chi connectivity index (χ0n) is 14.6. The number of aromatic amines is 1. The molecule has 2 N–H and O–H groups in total. The molecule has 136 valence electrons. The Morgan fingerprint density at radius 2 is 1.73 bits per heavy atom. The standard InChI is InChI=1S/C19H22N4O2S/c1-2-6-15-9-11-17(12-10-15)26(24,25)20-14-13-18-21-19(23-22-18)16-7-4-3-5-8-16/h3-5,7-12,20H,2,6,13-14H2,1H3,(H,21,22,23). The Morgan fingerprint density at radius 1 is 1.00 bits per heavy atom. The van der Waals surface area contributed by atoms with Crippen LogP contribution in [0.3, 0.4) is 0 Å². The second-order valence-corrected chi connectivity index (χ2v) is 7.78. The van der Waals surface area contributed by atoms with Crippen LogP contribution in [0.4, 0.5) is 0 Å². The topological polar surface area (TPSA) is 87.7 Å². The fourth-order valence-corrected chi connectivity index (χ4v) is 3.67. The van der Waals surface area contributed by atoms with Gasteiger partial charge in [0, 0.05) is 18.5 Å². The van der Waals surface area contributed by atoms with E-state index in [1.165, 1.54) is 0 Å². The van der Waals surface area contributed by atoms with E-state index in [1.54, 1.807) is 12.1 Å². The number of nitrogens with zero attached hydrogens (tertiary/aromatic N) is 2. The number of hydrogen-bond donors (Lipinski definition) is 2. The van der Waals surface area contributed by atoms with Crippen molar-refractivity contribution < 1.29 is 8.42 Å². The van der Waals surface area contributed by atoms with E-state index in [0.717, 1.165) is 24.0 Å². The Balaban J connectivity index is 1.58. The van der Waals surface area contributed by atoms with Gasteiger partial charge in [-0.2, -0.15) is 5.10 Å². The van der Waals surface area contributed by atoms with Gasteiger partial charge in [-0.3, -0.25) is 5.10 Å². The first kappa shape index (κ1) is 18.3. The van der Waals surface area contributed by atoms with E-state index in [0.29, 0.717) is 18.1 Å². The molecule has 7 heteroatoms. The highest BCUT2D eigenvalue weighted by atomic mass is 32.2. The zero-order valence-corrected chi connectivity index (χ0v) is 15.5. The zero-order chi connectivity index (χ0) is 18.4. The number of hydrogen-bond acceptors (Lipinski definition) is 4. The molecule has 0 saturated carbocycles. The minimum absolute atomic E-state index is 0.252. The number of rotatable bonds is 8. The molecule has 0 radical (unpaired) electrons. The number of nitrogens with one attached hydrogen (secondary N) is 2. The molecule has 0 unspecified atom stereocenters. The maximum atomic E-state index is 12.4. The summed E-state index contributed by atoms with van der Waals surface area (Å²) in [5.74, 6) is 1.25. The van der Waals surface area contributed by atoms with Crippen LogP contribution in [0.5, 0.6) is 0 Å². The van der Waals surface area contributed by atoms with Crippen molar-refractivity contribution >= 4 is 10.0 Å². The summed E-state index contributed by atoms with van der Waals surface area (Å²) in [7, 11) is -3.52. The van der Waals surface area contributed by atoms with Gasteiger partial charge in [-0.25, -0.2) is 18.1 Å². The average molecular weight is 370 g/mol. The number of benzene rings is 2. The fourth-order valence-electron chi connectivity index (χ4n) is 2.63. The highest BCUT2D eigenvalue weighted by molar-refractivity contribution is 7.89. The van der Waals surface area contributed by atoms with Crippen molar-refractivity contribution in [2.24, 2.45) is 0 Å². The molecule has 3 aromatic rings. The van der Waals surface area contributed by atoms with Gasteiger partial charge in [0.2, 0.25) is 10.0 Å². The lowest BCUT2D eigenvalue weighted by Crippen LogP contribution is -2.26. The first-order valence-electron chi connectivity index (χ1n) is 8.64. The van der Waals surface area contributed by atoms with Crippen molar-refractivity contribution in [3.8, 4) is 11.4 Å². The Hall–Kier alpha value is -2.51. The van der Waals surface area contributed by atoms with Crippen LogP contribution in [-0.2, 0) is 22.9 Å². The molecule has 0 bridgehead atoms. The first-order chi connectivity index (χ1) is 12.6. The van der Waals surface area contributed by atoms with Crippen molar-refractivity contribution in [2.45, 2.75) is 31.1 Å². The molecule has 0 fully saturated rings. The Bertz CT molecular complexity index is 935. The average Bonchev–Trinajstić information content (AvgIpc) is 3.12. The van der Waals surface area contributed by atoms with Gasteiger partial charge in [-0.15, -0.1) is 0 Å². The summed E-state index contributed by atoms with van der Waals surface area (Å²) in [6, 6.07) is 16.7. The van der Waals surface area contributed by atoms with E-state index < -0.39 is 10.0 Å². The minimum atomic E-state index is -3.52. The molecule has 0 amide bonds. The number of aromatic nitrogens is 3. The second-order valence-electron chi connectivity index (χ2n) is 6.01. The van der Waals surface area contributed by atoms with E-state index in [4.69, 9.17) is 0 Å². The normalized spacial score (nSPS) is 11.6. The third kappa shape index (κ3) is 4.56. The van der Waals surface area contributed by atoms with Crippen LogP contribution >= 0.6 is 0 Å². The number of H-pyrrole nitrogens is 1. The van der Waals surface area contributed by atoms with Crippen LogP contribution in [0.15, 0.2) is 59.5 Å². The molecular weight excluding hydrogens is 348 g/mol. The molecule has 0 aliphatic carbocycles. The van der Waals surface area contributed by atoms with Crippen molar-refractivity contribution in [3.63, 3.8) is 0 Å². The predicted molar refractivity (Wildman–Crippen MR) is 101 cm³/mol. The monoisotopic (exact) mass is 370 g/mol. The van der Waals surface area contributed by atoms with Gasteiger partial charge in [0.15, 0.2) is 5.82 Å².